The Labute approximate surface area is 167 Å². The lowest BCUT2D eigenvalue weighted by Gasteiger charge is -2.11. The quantitative estimate of drug-likeness (QED) is 0.304. The van der Waals surface area contributed by atoms with Crippen molar-refractivity contribution in [3.8, 4) is 16.9 Å². The van der Waals surface area contributed by atoms with Crippen molar-refractivity contribution < 1.29 is 17.9 Å². The van der Waals surface area contributed by atoms with Gasteiger partial charge in [0, 0.05) is 5.56 Å². The van der Waals surface area contributed by atoms with Crippen molar-refractivity contribution in [3.05, 3.63) is 78.1 Å². The zero-order valence-electron chi connectivity index (χ0n) is 16.1. The number of unbranched alkanes of at least 4 members (excludes halogenated alkanes) is 1. The monoisotopic (exact) mass is 394 g/mol. The Bertz CT molecular complexity index is 1150. The van der Waals surface area contributed by atoms with E-state index in [0.29, 0.717) is 11.1 Å². The summed E-state index contributed by atoms with van der Waals surface area (Å²) in [5.74, 6) is -0.294. The number of hydrogen-bond donors (Lipinski definition) is 0. The fraction of sp³-hybridized carbons (Fsp3) is 0.200. The van der Waals surface area contributed by atoms with E-state index in [-0.39, 0.29) is 11.6 Å². The van der Waals surface area contributed by atoms with E-state index in [0.717, 1.165) is 40.8 Å². The molecule has 0 aliphatic heterocycles. The summed E-state index contributed by atoms with van der Waals surface area (Å²) in [6, 6.07) is 19.8. The first-order valence-corrected chi connectivity index (χ1v) is 9.75. The lowest BCUT2D eigenvalue weighted by Crippen LogP contribution is -2.01. The van der Waals surface area contributed by atoms with Gasteiger partial charge in [-0.1, -0.05) is 55.8 Å². The maximum atomic E-state index is 14.9. The number of alkyl halides is 2. The van der Waals surface area contributed by atoms with Gasteiger partial charge in [0.05, 0.1) is 0 Å². The highest BCUT2D eigenvalue weighted by molar-refractivity contribution is 6.08. The van der Waals surface area contributed by atoms with E-state index in [1.807, 2.05) is 6.07 Å². The van der Waals surface area contributed by atoms with Crippen LogP contribution in [0.2, 0.25) is 0 Å². The Morgan fingerprint density at radius 3 is 2.24 bits per heavy atom. The molecule has 0 fully saturated rings. The number of hydrogen-bond acceptors (Lipinski definition) is 1. The van der Waals surface area contributed by atoms with Crippen molar-refractivity contribution >= 4 is 21.5 Å². The van der Waals surface area contributed by atoms with E-state index in [9.17, 15) is 13.2 Å². The van der Waals surface area contributed by atoms with Crippen LogP contribution in [-0.2, 0) is 6.42 Å². The van der Waals surface area contributed by atoms with Crippen LogP contribution in [0.4, 0.5) is 13.2 Å². The lowest BCUT2D eigenvalue weighted by molar-refractivity contribution is -0.0498. The molecule has 29 heavy (non-hydrogen) atoms. The van der Waals surface area contributed by atoms with Crippen molar-refractivity contribution in [1.82, 2.24) is 0 Å². The van der Waals surface area contributed by atoms with Crippen LogP contribution < -0.4 is 4.74 Å². The van der Waals surface area contributed by atoms with E-state index in [1.165, 1.54) is 17.7 Å². The number of aryl methyl sites for hydroxylation is 1. The third kappa shape index (κ3) is 4.07. The predicted octanol–water partition coefficient (Wildman–Crippen LogP) is 7.74. The van der Waals surface area contributed by atoms with E-state index >= 15 is 0 Å². The van der Waals surface area contributed by atoms with Gasteiger partial charge in [0.25, 0.3) is 0 Å². The molecule has 0 amide bonds. The van der Waals surface area contributed by atoms with Crippen LogP contribution in [0, 0.1) is 5.82 Å². The molecule has 0 heterocycles. The lowest BCUT2D eigenvalue weighted by atomic mass is 9.95. The maximum absolute atomic E-state index is 14.9. The van der Waals surface area contributed by atoms with Crippen molar-refractivity contribution in [2.75, 3.05) is 0 Å². The molecule has 0 aliphatic rings. The minimum absolute atomic E-state index is 0.0508. The predicted molar refractivity (Wildman–Crippen MR) is 112 cm³/mol. The Kier molecular flexibility index (Phi) is 5.43. The first-order valence-electron chi connectivity index (χ1n) is 9.75. The van der Waals surface area contributed by atoms with Crippen LogP contribution in [0.3, 0.4) is 0 Å². The average Bonchev–Trinajstić information content (AvgIpc) is 2.72. The highest BCUT2D eigenvalue weighted by Crippen LogP contribution is 2.33. The summed E-state index contributed by atoms with van der Waals surface area (Å²) < 4.78 is 43.9. The molecule has 4 aromatic carbocycles. The molecular weight excluding hydrogens is 373 g/mol. The van der Waals surface area contributed by atoms with Gasteiger partial charge in [-0.25, -0.2) is 4.39 Å². The van der Waals surface area contributed by atoms with Gasteiger partial charge in [-0.2, -0.15) is 8.78 Å². The summed E-state index contributed by atoms with van der Waals surface area (Å²) in [7, 11) is 0. The zero-order chi connectivity index (χ0) is 20.4. The topological polar surface area (TPSA) is 9.23 Å². The van der Waals surface area contributed by atoms with Crippen LogP contribution >= 0.6 is 0 Å². The minimum atomic E-state index is -2.88. The molecule has 0 saturated carbocycles. The normalized spacial score (nSPS) is 11.5. The summed E-state index contributed by atoms with van der Waals surface area (Å²) in [5.41, 5.74) is 2.34. The largest absolute Gasteiger partial charge is 0.435 e. The second kappa shape index (κ2) is 8.16. The molecule has 4 rings (SSSR count). The highest BCUT2D eigenvalue weighted by atomic mass is 19.3. The van der Waals surface area contributed by atoms with E-state index < -0.39 is 6.61 Å². The SMILES string of the molecule is CCCCc1ccc2c(ccc3cc(-c4ccc(OC(F)F)cc4)c(F)cc32)c1. The van der Waals surface area contributed by atoms with Crippen molar-refractivity contribution in [2.24, 2.45) is 0 Å². The molecular formula is C25H21F3O. The van der Waals surface area contributed by atoms with Gasteiger partial charge in [0.15, 0.2) is 0 Å². The molecule has 0 spiro atoms. The summed E-state index contributed by atoms with van der Waals surface area (Å²) in [6.45, 7) is -0.706. The number of benzene rings is 4. The van der Waals surface area contributed by atoms with Crippen LogP contribution in [0.5, 0.6) is 5.75 Å². The molecule has 4 aromatic rings. The standard InChI is InChI=1S/C25H21F3O/c1-2-3-4-16-5-12-21-18(13-16)6-7-19-14-23(24(26)15-22(19)21)17-8-10-20(11-9-17)29-25(27)28/h5-15,25H,2-4H2,1H3. The van der Waals surface area contributed by atoms with Crippen molar-refractivity contribution in [1.29, 1.82) is 0 Å². The molecule has 0 radical (unpaired) electrons. The van der Waals surface area contributed by atoms with Crippen LogP contribution in [0.15, 0.2) is 66.7 Å². The number of ether oxygens (including phenoxy) is 1. The molecule has 0 aromatic heterocycles. The fourth-order valence-corrected chi connectivity index (χ4v) is 3.71. The molecule has 0 unspecified atom stereocenters. The minimum Gasteiger partial charge on any atom is -0.435 e. The Hall–Kier alpha value is -3.01. The van der Waals surface area contributed by atoms with Crippen LogP contribution in [-0.4, -0.2) is 6.61 Å². The highest BCUT2D eigenvalue weighted by Gasteiger charge is 2.11. The molecule has 0 atom stereocenters. The van der Waals surface area contributed by atoms with Gasteiger partial charge in [0.2, 0.25) is 0 Å². The average molecular weight is 394 g/mol. The first kappa shape index (κ1) is 19.3. The Balaban J connectivity index is 1.74. The molecule has 0 N–H and O–H groups in total. The summed E-state index contributed by atoms with van der Waals surface area (Å²) in [4.78, 5) is 0. The van der Waals surface area contributed by atoms with Crippen molar-refractivity contribution in [3.63, 3.8) is 0 Å². The number of fused-ring (bicyclic) bond motifs is 3. The van der Waals surface area contributed by atoms with Crippen LogP contribution in [0.1, 0.15) is 25.3 Å². The molecule has 148 valence electrons. The summed E-state index contributed by atoms with van der Waals surface area (Å²) >= 11 is 0. The summed E-state index contributed by atoms with van der Waals surface area (Å²) in [6.07, 6.45) is 3.35. The maximum Gasteiger partial charge on any atom is 0.387 e. The van der Waals surface area contributed by atoms with Crippen molar-refractivity contribution in [2.45, 2.75) is 32.8 Å². The van der Waals surface area contributed by atoms with E-state index in [2.05, 4.69) is 35.9 Å². The molecule has 0 bridgehead atoms. The molecule has 0 saturated heterocycles. The smallest absolute Gasteiger partial charge is 0.387 e. The van der Waals surface area contributed by atoms with Gasteiger partial charge >= 0.3 is 6.61 Å². The summed E-state index contributed by atoms with van der Waals surface area (Å²) in [5, 5.41) is 3.92. The second-order valence-electron chi connectivity index (χ2n) is 7.18. The van der Waals surface area contributed by atoms with E-state index in [1.54, 1.807) is 24.3 Å². The van der Waals surface area contributed by atoms with Gasteiger partial charge in [-0.3, -0.25) is 0 Å². The Morgan fingerprint density at radius 2 is 1.55 bits per heavy atom. The number of halogens is 3. The van der Waals surface area contributed by atoms with Gasteiger partial charge in [-0.05, 0) is 69.8 Å². The Morgan fingerprint density at radius 1 is 0.828 bits per heavy atom. The van der Waals surface area contributed by atoms with E-state index in [4.69, 9.17) is 0 Å². The third-order valence-electron chi connectivity index (χ3n) is 5.20. The first-order chi connectivity index (χ1) is 14.0. The zero-order valence-corrected chi connectivity index (χ0v) is 16.1. The number of rotatable bonds is 6. The van der Waals surface area contributed by atoms with Gasteiger partial charge in [0.1, 0.15) is 11.6 Å². The van der Waals surface area contributed by atoms with Gasteiger partial charge in [-0.15, -0.1) is 0 Å². The van der Waals surface area contributed by atoms with Gasteiger partial charge < -0.3 is 4.74 Å². The molecule has 1 nitrogen and oxygen atoms in total. The molecule has 0 aliphatic carbocycles. The second-order valence-corrected chi connectivity index (χ2v) is 7.18. The third-order valence-corrected chi connectivity index (χ3v) is 5.20. The van der Waals surface area contributed by atoms with Crippen LogP contribution in [0.25, 0.3) is 32.7 Å². The fourth-order valence-electron chi connectivity index (χ4n) is 3.71. The molecule has 4 heteroatoms.